The number of hydrogen-bond acceptors (Lipinski definition) is 6. The van der Waals surface area contributed by atoms with Crippen molar-refractivity contribution >= 4 is 28.4 Å². The first-order valence-corrected chi connectivity index (χ1v) is 5.73. The average Bonchev–Trinajstić information content (AvgIpc) is 2.72. The second-order valence-corrected chi connectivity index (χ2v) is 4.34. The van der Waals surface area contributed by atoms with Gasteiger partial charge in [-0.2, -0.15) is 0 Å². The fourth-order valence-corrected chi connectivity index (χ4v) is 2.15. The van der Waals surface area contributed by atoms with E-state index >= 15 is 0 Å². The van der Waals surface area contributed by atoms with Crippen LogP contribution in [-0.4, -0.2) is 17.0 Å². The third-order valence-electron chi connectivity index (χ3n) is 2.06. The van der Waals surface area contributed by atoms with Gasteiger partial charge in [0.2, 0.25) is 0 Å². The van der Waals surface area contributed by atoms with E-state index in [1.165, 1.54) is 0 Å². The fourth-order valence-electron chi connectivity index (χ4n) is 1.32. The Morgan fingerprint density at radius 2 is 1.89 bits per heavy atom. The molecule has 92 valence electrons. The number of anilines is 1. The summed E-state index contributed by atoms with van der Waals surface area (Å²) in [6.45, 7) is 0. The van der Waals surface area contributed by atoms with Gasteiger partial charge in [-0.15, -0.1) is 0 Å². The monoisotopic (exact) mass is 263 g/mol. The number of benzene rings is 1. The van der Waals surface area contributed by atoms with E-state index in [9.17, 15) is 9.59 Å². The number of nitrogen functional groups attached to an aromatic ring is 1. The van der Waals surface area contributed by atoms with Gasteiger partial charge < -0.3 is 16.2 Å². The van der Waals surface area contributed by atoms with Gasteiger partial charge in [0.15, 0.2) is 5.69 Å². The third kappa shape index (κ3) is 2.46. The van der Waals surface area contributed by atoms with Gasteiger partial charge in [-0.3, -0.25) is 0 Å². The summed E-state index contributed by atoms with van der Waals surface area (Å²) in [4.78, 5) is 26.0. The third-order valence-corrected chi connectivity index (χ3v) is 2.99. The van der Waals surface area contributed by atoms with Gasteiger partial charge >= 0.3 is 12.1 Å². The van der Waals surface area contributed by atoms with Crippen LogP contribution < -0.4 is 11.5 Å². The van der Waals surface area contributed by atoms with Crippen LogP contribution in [0.5, 0.6) is 0 Å². The predicted octanol–water partition coefficient (Wildman–Crippen LogP) is 1.63. The number of rotatable bonds is 2. The Bertz CT molecular complexity index is 595. The average molecular weight is 263 g/mol. The van der Waals surface area contributed by atoms with Crippen LogP contribution in [-0.2, 0) is 4.74 Å². The van der Waals surface area contributed by atoms with E-state index in [1.807, 2.05) is 30.3 Å². The van der Waals surface area contributed by atoms with Crippen molar-refractivity contribution in [3.63, 3.8) is 0 Å². The van der Waals surface area contributed by atoms with Crippen LogP contribution >= 0.6 is 11.3 Å². The highest BCUT2D eigenvalue weighted by Gasteiger charge is 2.20. The first-order chi connectivity index (χ1) is 8.58. The summed E-state index contributed by atoms with van der Waals surface area (Å²) in [5, 5.41) is 0.754. The molecule has 0 saturated carbocycles. The number of amides is 1. The summed E-state index contributed by atoms with van der Waals surface area (Å²) in [7, 11) is 0. The molecule has 0 aliphatic carbocycles. The summed E-state index contributed by atoms with van der Waals surface area (Å²) in [5.41, 5.74) is 11.1. The van der Waals surface area contributed by atoms with Crippen LogP contribution in [0.3, 0.4) is 0 Å². The predicted molar refractivity (Wildman–Crippen MR) is 67.0 cm³/mol. The number of nitrogens with zero attached hydrogens (tertiary/aromatic N) is 1. The van der Waals surface area contributed by atoms with Crippen molar-refractivity contribution in [1.82, 2.24) is 4.98 Å². The number of hydrogen-bond donors (Lipinski definition) is 2. The van der Waals surface area contributed by atoms with Gasteiger partial charge in [0.25, 0.3) is 0 Å². The molecule has 0 bridgehead atoms. The molecule has 0 unspecified atom stereocenters. The molecule has 1 aromatic heterocycles. The number of thiazole rings is 1. The molecule has 0 aliphatic heterocycles. The Labute approximate surface area is 106 Å². The second-order valence-electron chi connectivity index (χ2n) is 3.31. The SMILES string of the molecule is NC(=O)OC(=O)c1nc(-c2ccccc2)sc1N. The van der Waals surface area contributed by atoms with Crippen LogP contribution in [0.25, 0.3) is 10.6 Å². The summed E-state index contributed by atoms with van der Waals surface area (Å²) >= 11 is 1.14. The molecule has 0 spiro atoms. The quantitative estimate of drug-likeness (QED) is 0.632. The van der Waals surface area contributed by atoms with Gasteiger partial charge in [0.05, 0.1) is 0 Å². The molecule has 4 N–H and O–H groups in total. The Morgan fingerprint density at radius 3 is 2.50 bits per heavy atom. The Kier molecular flexibility index (Phi) is 3.24. The summed E-state index contributed by atoms with van der Waals surface area (Å²) < 4.78 is 4.23. The van der Waals surface area contributed by atoms with Crippen LogP contribution in [0.4, 0.5) is 9.80 Å². The zero-order valence-corrected chi connectivity index (χ0v) is 9.94. The lowest BCUT2D eigenvalue weighted by atomic mass is 10.2. The first kappa shape index (κ1) is 12.1. The molecule has 0 atom stereocenters. The zero-order chi connectivity index (χ0) is 13.1. The molecule has 6 nitrogen and oxygen atoms in total. The maximum atomic E-state index is 11.5. The van der Waals surface area contributed by atoms with Crippen molar-refractivity contribution < 1.29 is 14.3 Å². The van der Waals surface area contributed by atoms with Crippen molar-refractivity contribution in [2.45, 2.75) is 0 Å². The minimum absolute atomic E-state index is 0.0994. The van der Waals surface area contributed by atoms with Gasteiger partial charge in [0, 0.05) is 5.56 Å². The molecule has 0 fully saturated rings. The van der Waals surface area contributed by atoms with E-state index in [-0.39, 0.29) is 10.7 Å². The maximum absolute atomic E-state index is 11.5. The molecular formula is C11H9N3O3S. The number of aromatic nitrogens is 1. The molecule has 0 aliphatic rings. The lowest BCUT2D eigenvalue weighted by molar-refractivity contribution is 0.0634. The van der Waals surface area contributed by atoms with Gasteiger partial charge in [-0.05, 0) is 0 Å². The lowest BCUT2D eigenvalue weighted by Crippen LogP contribution is -2.19. The second kappa shape index (κ2) is 4.84. The molecule has 7 heteroatoms. The van der Waals surface area contributed by atoms with E-state index in [2.05, 4.69) is 9.72 Å². The van der Waals surface area contributed by atoms with E-state index in [0.717, 1.165) is 16.9 Å². The largest absolute Gasteiger partial charge is 0.412 e. The molecule has 2 rings (SSSR count). The Morgan fingerprint density at radius 1 is 1.22 bits per heavy atom. The number of ether oxygens (including phenoxy) is 1. The minimum atomic E-state index is -1.19. The molecular weight excluding hydrogens is 254 g/mol. The smallest absolute Gasteiger partial charge is 0.389 e. The maximum Gasteiger partial charge on any atom is 0.412 e. The zero-order valence-electron chi connectivity index (χ0n) is 9.12. The highest BCUT2D eigenvalue weighted by atomic mass is 32.1. The molecule has 2 aromatic rings. The van der Waals surface area contributed by atoms with Crippen molar-refractivity contribution in [1.29, 1.82) is 0 Å². The molecule has 1 heterocycles. The number of carbonyl (C=O) groups excluding carboxylic acids is 2. The fraction of sp³-hybridized carbons (Fsp3) is 0. The van der Waals surface area contributed by atoms with Crippen LogP contribution in [0, 0.1) is 0 Å². The van der Waals surface area contributed by atoms with Gasteiger partial charge in [-0.1, -0.05) is 41.7 Å². The Balaban J connectivity index is 2.33. The van der Waals surface area contributed by atoms with E-state index in [1.54, 1.807) is 0 Å². The normalized spacial score (nSPS) is 10.0. The molecule has 1 amide bonds. The van der Waals surface area contributed by atoms with Crippen molar-refractivity contribution in [2.24, 2.45) is 5.73 Å². The van der Waals surface area contributed by atoms with Crippen molar-refractivity contribution in [2.75, 3.05) is 5.73 Å². The number of primary amides is 1. The van der Waals surface area contributed by atoms with Crippen molar-refractivity contribution in [3.05, 3.63) is 36.0 Å². The molecule has 18 heavy (non-hydrogen) atoms. The first-order valence-electron chi connectivity index (χ1n) is 4.91. The topological polar surface area (TPSA) is 108 Å². The Hall–Kier alpha value is -2.41. The van der Waals surface area contributed by atoms with Crippen LogP contribution in [0.1, 0.15) is 10.5 Å². The molecule has 0 saturated heterocycles. The molecule has 1 aromatic carbocycles. The van der Waals surface area contributed by atoms with Crippen LogP contribution in [0.2, 0.25) is 0 Å². The number of carbonyl (C=O) groups is 2. The lowest BCUT2D eigenvalue weighted by Gasteiger charge is -1.96. The number of esters is 1. The highest BCUT2D eigenvalue weighted by Crippen LogP contribution is 2.30. The van der Waals surface area contributed by atoms with E-state index < -0.39 is 12.1 Å². The summed E-state index contributed by atoms with van der Waals surface area (Å²) in [5.74, 6) is -0.946. The summed E-state index contributed by atoms with van der Waals surface area (Å²) in [6, 6.07) is 9.22. The molecule has 0 radical (unpaired) electrons. The summed E-state index contributed by atoms with van der Waals surface area (Å²) in [6.07, 6.45) is -1.19. The highest BCUT2D eigenvalue weighted by molar-refractivity contribution is 7.19. The minimum Gasteiger partial charge on any atom is -0.389 e. The van der Waals surface area contributed by atoms with E-state index in [4.69, 9.17) is 11.5 Å². The van der Waals surface area contributed by atoms with Crippen LogP contribution in [0.15, 0.2) is 30.3 Å². The van der Waals surface area contributed by atoms with Gasteiger partial charge in [-0.25, -0.2) is 14.6 Å². The number of nitrogens with two attached hydrogens (primary N) is 2. The van der Waals surface area contributed by atoms with Crippen molar-refractivity contribution in [3.8, 4) is 10.6 Å². The van der Waals surface area contributed by atoms with Gasteiger partial charge in [0.1, 0.15) is 10.0 Å². The standard InChI is InChI=1S/C11H9N3O3S/c12-8-7(10(15)17-11(13)16)14-9(18-8)6-4-2-1-3-5-6/h1-5H,12H2,(H2,13,16). The van der Waals surface area contributed by atoms with E-state index in [0.29, 0.717) is 5.01 Å².